The van der Waals surface area contributed by atoms with Crippen LogP contribution in [0.4, 0.5) is 0 Å². The minimum absolute atomic E-state index is 0.258. The van der Waals surface area contributed by atoms with E-state index in [1.165, 1.54) is 22.4 Å². The number of rotatable bonds is 5. The first-order valence-electron chi connectivity index (χ1n) is 10.2. The number of carbonyl (C=O) groups excluding carboxylic acids is 1. The fourth-order valence-electron chi connectivity index (χ4n) is 4.20. The number of carbonyl (C=O) groups is 1. The number of aromatic nitrogens is 1. The molecule has 0 spiro atoms. The van der Waals surface area contributed by atoms with Gasteiger partial charge in [-0.05, 0) is 42.4 Å². The van der Waals surface area contributed by atoms with Crippen LogP contribution >= 0.6 is 11.3 Å². The summed E-state index contributed by atoms with van der Waals surface area (Å²) >= 11 is 1.76. The van der Waals surface area contributed by atoms with Gasteiger partial charge >= 0.3 is 0 Å². The second kappa shape index (κ2) is 8.11. The summed E-state index contributed by atoms with van der Waals surface area (Å²) in [5.74, 6) is 0.944. The highest BCUT2D eigenvalue weighted by Crippen LogP contribution is 2.31. The Morgan fingerprint density at radius 3 is 2.89 bits per heavy atom. The highest BCUT2D eigenvalue weighted by Gasteiger charge is 2.30. The summed E-state index contributed by atoms with van der Waals surface area (Å²) in [5, 5.41) is 2.10. The number of aryl methyl sites for hydroxylation is 1. The fraction of sp³-hybridized carbons (Fsp3) is 0.545. The van der Waals surface area contributed by atoms with Crippen molar-refractivity contribution in [2.75, 3.05) is 19.6 Å². The van der Waals surface area contributed by atoms with Gasteiger partial charge in [0.05, 0.1) is 11.3 Å². The summed E-state index contributed by atoms with van der Waals surface area (Å²) in [6, 6.07) is 4.33. The van der Waals surface area contributed by atoms with Gasteiger partial charge in [0.1, 0.15) is 0 Å². The second-order valence-corrected chi connectivity index (χ2v) is 8.80. The number of fused-ring (bicyclic) bond motifs is 1. The van der Waals surface area contributed by atoms with Crippen molar-refractivity contribution in [3.63, 3.8) is 0 Å². The van der Waals surface area contributed by atoms with Crippen LogP contribution in [0, 0.1) is 5.92 Å². The Morgan fingerprint density at radius 1 is 1.30 bits per heavy atom. The third-order valence-corrected chi connectivity index (χ3v) is 7.10. The number of likely N-dealkylation sites (tertiary alicyclic amines) is 1. The van der Waals surface area contributed by atoms with Crippen molar-refractivity contribution < 1.29 is 4.79 Å². The first kappa shape index (κ1) is 18.6. The first-order valence-corrected chi connectivity index (χ1v) is 11.1. The van der Waals surface area contributed by atoms with Crippen LogP contribution < -0.4 is 0 Å². The molecular weight excluding hydrogens is 354 g/mol. The predicted octanol–water partition coefficient (Wildman–Crippen LogP) is 4.14. The Kier molecular flexibility index (Phi) is 5.60. The van der Waals surface area contributed by atoms with E-state index in [1.807, 2.05) is 6.20 Å². The van der Waals surface area contributed by atoms with Crippen LogP contribution in [0.25, 0.3) is 0 Å². The minimum atomic E-state index is 0.258. The molecule has 2 aromatic heterocycles. The maximum Gasteiger partial charge on any atom is 0.254 e. The van der Waals surface area contributed by atoms with Crippen molar-refractivity contribution in [1.82, 2.24) is 14.8 Å². The lowest BCUT2D eigenvalue weighted by Crippen LogP contribution is -2.32. The zero-order chi connectivity index (χ0) is 18.8. The van der Waals surface area contributed by atoms with Crippen molar-refractivity contribution in [3.05, 3.63) is 51.0 Å². The normalized spacial score (nSPS) is 20.1. The molecule has 1 atom stereocenters. The van der Waals surface area contributed by atoms with E-state index < -0.39 is 0 Å². The van der Waals surface area contributed by atoms with Gasteiger partial charge < -0.3 is 4.90 Å². The molecule has 2 aromatic rings. The largest absolute Gasteiger partial charge is 0.338 e. The summed E-state index contributed by atoms with van der Waals surface area (Å²) in [4.78, 5) is 23.5. The molecule has 1 saturated heterocycles. The van der Waals surface area contributed by atoms with Crippen molar-refractivity contribution in [1.29, 1.82) is 0 Å². The van der Waals surface area contributed by atoms with Crippen LogP contribution in [0.1, 0.15) is 58.7 Å². The van der Waals surface area contributed by atoms with Gasteiger partial charge in [-0.15, -0.1) is 11.3 Å². The number of amides is 1. The van der Waals surface area contributed by atoms with Gasteiger partial charge in [0, 0.05) is 49.2 Å². The molecular formula is C22H29N3OS. The standard InChI is InChI=1S/C22H29N3OS/c1-3-16-5-6-18(23-11-16)13-24-9-8-19-20(15-27-21(19)14-24)22(26)25-10-7-17(4-2)12-25/h5-6,11,15,17H,3-4,7-10,12-14H2,1-2H3/t17-/m0/s1. The Balaban J connectivity index is 1.41. The molecule has 0 bridgehead atoms. The Bertz CT molecular complexity index is 798. The molecule has 0 aliphatic carbocycles. The summed E-state index contributed by atoms with van der Waals surface area (Å²) in [6.07, 6.45) is 6.33. The molecule has 4 nitrogen and oxygen atoms in total. The van der Waals surface area contributed by atoms with Gasteiger partial charge in [-0.25, -0.2) is 0 Å². The van der Waals surface area contributed by atoms with Gasteiger partial charge in [-0.2, -0.15) is 0 Å². The van der Waals surface area contributed by atoms with E-state index in [2.05, 4.69) is 46.1 Å². The molecule has 1 fully saturated rings. The van der Waals surface area contributed by atoms with E-state index >= 15 is 0 Å². The summed E-state index contributed by atoms with van der Waals surface area (Å²) in [5.41, 5.74) is 4.69. The topological polar surface area (TPSA) is 36.4 Å². The van der Waals surface area contributed by atoms with Crippen LogP contribution in [-0.2, 0) is 25.9 Å². The smallest absolute Gasteiger partial charge is 0.254 e. The molecule has 0 unspecified atom stereocenters. The first-order chi connectivity index (χ1) is 13.2. The molecule has 1 amide bonds. The van der Waals surface area contributed by atoms with Crippen molar-refractivity contribution in [2.24, 2.45) is 5.92 Å². The molecule has 5 heteroatoms. The lowest BCUT2D eigenvalue weighted by molar-refractivity contribution is 0.0785. The van der Waals surface area contributed by atoms with Crippen molar-refractivity contribution >= 4 is 17.2 Å². The maximum absolute atomic E-state index is 13.0. The van der Waals surface area contributed by atoms with Crippen LogP contribution in [0.2, 0.25) is 0 Å². The van der Waals surface area contributed by atoms with Crippen LogP contribution in [0.5, 0.6) is 0 Å². The van der Waals surface area contributed by atoms with Gasteiger partial charge in [-0.3, -0.25) is 14.7 Å². The highest BCUT2D eigenvalue weighted by molar-refractivity contribution is 7.10. The molecule has 144 valence electrons. The number of pyridine rings is 1. The molecule has 27 heavy (non-hydrogen) atoms. The summed E-state index contributed by atoms with van der Waals surface area (Å²) in [7, 11) is 0. The van der Waals surface area contributed by atoms with E-state index in [0.29, 0.717) is 5.92 Å². The predicted molar refractivity (Wildman–Crippen MR) is 110 cm³/mol. The molecule has 0 radical (unpaired) electrons. The van der Waals surface area contributed by atoms with E-state index in [1.54, 1.807) is 11.3 Å². The van der Waals surface area contributed by atoms with E-state index in [4.69, 9.17) is 0 Å². The Morgan fingerprint density at radius 2 is 2.19 bits per heavy atom. The molecule has 0 aromatic carbocycles. The summed E-state index contributed by atoms with van der Waals surface area (Å²) in [6.45, 7) is 9.06. The van der Waals surface area contributed by atoms with Gasteiger partial charge in [0.2, 0.25) is 0 Å². The minimum Gasteiger partial charge on any atom is -0.338 e. The Hall–Kier alpha value is -1.72. The third-order valence-electron chi connectivity index (χ3n) is 6.09. The van der Waals surface area contributed by atoms with Crippen LogP contribution in [0.3, 0.4) is 0 Å². The number of nitrogens with zero attached hydrogens (tertiary/aromatic N) is 3. The number of hydrogen-bond donors (Lipinski definition) is 0. The number of hydrogen-bond acceptors (Lipinski definition) is 4. The fourth-order valence-corrected chi connectivity index (χ4v) is 5.32. The quantitative estimate of drug-likeness (QED) is 0.779. The third kappa shape index (κ3) is 3.94. The zero-order valence-electron chi connectivity index (χ0n) is 16.4. The average Bonchev–Trinajstić information content (AvgIpc) is 3.35. The summed E-state index contributed by atoms with van der Waals surface area (Å²) < 4.78 is 0. The Labute approximate surface area is 166 Å². The van der Waals surface area contributed by atoms with Gasteiger partial charge in [0.15, 0.2) is 0 Å². The molecule has 4 heterocycles. The molecule has 0 N–H and O–H groups in total. The van der Waals surface area contributed by atoms with Gasteiger partial charge in [0.25, 0.3) is 5.91 Å². The highest BCUT2D eigenvalue weighted by atomic mass is 32.1. The zero-order valence-corrected chi connectivity index (χ0v) is 17.2. The maximum atomic E-state index is 13.0. The van der Waals surface area contributed by atoms with Crippen molar-refractivity contribution in [3.8, 4) is 0 Å². The molecule has 4 rings (SSSR count). The van der Waals surface area contributed by atoms with E-state index in [0.717, 1.165) is 63.2 Å². The monoisotopic (exact) mass is 383 g/mol. The van der Waals surface area contributed by atoms with E-state index in [9.17, 15) is 4.79 Å². The van der Waals surface area contributed by atoms with Crippen molar-refractivity contribution in [2.45, 2.75) is 52.6 Å². The molecule has 0 saturated carbocycles. The van der Waals surface area contributed by atoms with Crippen LogP contribution in [0.15, 0.2) is 23.7 Å². The number of thiophene rings is 1. The lowest BCUT2D eigenvalue weighted by atomic mass is 10.0. The van der Waals surface area contributed by atoms with E-state index in [-0.39, 0.29) is 5.91 Å². The molecule has 2 aliphatic heterocycles. The van der Waals surface area contributed by atoms with Crippen LogP contribution in [-0.4, -0.2) is 40.3 Å². The lowest BCUT2D eigenvalue weighted by Gasteiger charge is -2.27. The molecule has 2 aliphatic rings. The SMILES string of the molecule is CCc1ccc(CN2CCc3c(C(=O)N4CC[C@H](CC)C4)csc3C2)nc1. The van der Waals surface area contributed by atoms with Gasteiger partial charge in [-0.1, -0.05) is 26.3 Å². The second-order valence-electron chi connectivity index (χ2n) is 7.84. The average molecular weight is 384 g/mol.